The first-order chi connectivity index (χ1) is 12.2. The van der Waals surface area contributed by atoms with Gasteiger partial charge in [-0.1, -0.05) is 0 Å². The minimum absolute atomic E-state index is 0.116. The molecule has 1 amide bonds. The number of hydrogen-bond donors (Lipinski definition) is 2. The topological polar surface area (TPSA) is 66.4 Å². The number of halogens is 4. The quantitative estimate of drug-likeness (QED) is 0.786. The van der Waals surface area contributed by atoms with Crippen LogP contribution < -0.4 is 10.6 Å². The second kappa shape index (κ2) is 5.73. The van der Waals surface area contributed by atoms with E-state index in [1.807, 2.05) is 0 Å². The van der Waals surface area contributed by atoms with Crippen molar-refractivity contribution in [3.63, 3.8) is 0 Å². The van der Waals surface area contributed by atoms with Crippen molar-refractivity contribution in [3.05, 3.63) is 29.1 Å². The molecule has 140 valence electrons. The Balaban J connectivity index is 1.79. The minimum atomic E-state index is -4.66. The molecule has 0 bridgehead atoms. The molecular weight excluding hydrogens is 352 g/mol. The van der Waals surface area contributed by atoms with Crippen molar-refractivity contribution in [1.29, 1.82) is 0 Å². The Bertz CT molecular complexity index is 779. The molecule has 9 heteroatoms. The fourth-order valence-corrected chi connectivity index (χ4v) is 3.70. The van der Waals surface area contributed by atoms with E-state index in [9.17, 15) is 18.0 Å². The number of nitrogens with zero attached hydrogens (tertiary/aromatic N) is 2. The van der Waals surface area contributed by atoms with Crippen LogP contribution in [0.5, 0.6) is 0 Å². The first-order valence-corrected chi connectivity index (χ1v) is 8.64. The average Bonchev–Trinajstić information content (AvgIpc) is 2.88. The summed E-state index contributed by atoms with van der Waals surface area (Å²) in [5, 5.41) is 5.79. The Labute approximate surface area is 147 Å². The van der Waals surface area contributed by atoms with Gasteiger partial charge in [-0.2, -0.15) is 13.2 Å². The molecule has 1 aliphatic carbocycles. The highest BCUT2D eigenvalue weighted by atomic mass is 19.4. The number of pyridine rings is 1. The predicted octanol–water partition coefficient (Wildman–Crippen LogP) is 2.45. The number of aliphatic imine (C=N–C) groups is 1. The molecule has 2 aliphatic heterocycles. The summed E-state index contributed by atoms with van der Waals surface area (Å²) in [6.07, 6.45) is -2.86. The van der Waals surface area contributed by atoms with Crippen LogP contribution in [0.15, 0.2) is 17.1 Å². The number of carbonyl (C=O) groups excluding carboxylic acids is 1. The van der Waals surface area contributed by atoms with Crippen LogP contribution in [0.25, 0.3) is 0 Å². The van der Waals surface area contributed by atoms with Crippen molar-refractivity contribution in [2.75, 3.05) is 13.1 Å². The highest BCUT2D eigenvalue weighted by Gasteiger charge is 2.48. The number of amidine groups is 1. The van der Waals surface area contributed by atoms with Gasteiger partial charge in [0.15, 0.2) is 5.67 Å². The Morgan fingerprint density at radius 3 is 2.35 bits per heavy atom. The summed E-state index contributed by atoms with van der Waals surface area (Å²) >= 11 is 0. The van der Waals surface area contributed by atoms with Crippen LogP contribution in [-0.2, 0) is 16.6 Å². The number of piperidine rings is 1. The zero-order valence-corrected chi connectivity index (χ0v) is 13.9. The largest absolute Gasteiger partial charge is 0.433 e. The van der Waals surface area contributed by atoms with Crippen molar-refractivity contribution in [3.8, 4) is 0 Å². The molecule has 5 nitrogen and oxygen atoms in total. The minimum Gasteiger partial charge on any atom is -0.317 e. The fraction of sp³-hybridized carbons (Fsp3) is 0.588. The average molecular weight is 370 g/mol. The lowest BCUT2D eigenvalue weighted by molar-refractivity contribution is -0.141. The number of hydrogen-bond acceptors (Lipinski definition) is 4. The van der Waals surface area contributed by atoms with Crippen LogP contribution >= 0.6 is 0 Å². The van der Waals surface area contributed by atoms with Crippen LogP contribution in [-0.4, -0.2) is 35.4 Å². The number of rotatable bonds is 2. The Hall–Kier alpha value is -2.03. The Morgan fingerprint density at radius 1 is 1.08 bits per heavy atom. The van der Waals surface area contributed by atoms with E-state index in [-0.39, 0.29) is 35.8 Å². The van der Waals surface area contributed by atoms with Gasteiger partial charge in [-0.05, 0) is 57.3 Å². The second-order valence-electron chi connectivity index (χ2n) is 7.11. The zero-order valence-electron chi connectivity index (χ0n) is 13.9. The van der Waals surface area contributed by atoms with E-state index in [1.54, 1.807) is 0 Å². The van der Waals surface area contributed by atoms with Gasteiger partial charge < -0.3 is 10.6 Å². The number of carbonyl (C=O) groups is 1. The van der Waals surface area contributed by atoms with E-state index in [0.29, 0.717) is 32.4 Å². The molecule has 2 N–H and O–H groups in total. The lowest BCUT2D eigenvalue weighted by Gasteiger charge is -2.34. The van der Waals surface area contributed by atoms with Gasteiger partial charge in [-0.3, -0.25) is 9.79 Å². The highest BCUT2D eigenvalue weighted by Crippen LogP contribution is 2.46. The van der Waals surface area contributed by atoms with E-state index in [0.717, 1.165) is 6.07 Å². The summed E-state index contributed by atoms with van der Waals surface area (Å²) in [6, 6.07) is 1.98. The molecule has 0 aromatic carbocycles. The van der Waals surface area contributed by atoms with Gasteiger partial charge in [0.25, 0.3) is 5.91 Å². The van der Waals surface area contributed by atoms with Gasteiger partial charge in [-0.15, -0.1) is 0 Å². The van der Waals surface area contributed by atoms with Crippen molar-refractivity contribution in [2.24, 2.45) is 4.99 Å². The van der Waals surface area contributed by atoms with Gasteiger partial charge in [0, 0.05) is 5.56 Å². The molecule has 1 saturated heterocycles. The van der Waals surface area contributed by atoms with Gasteiger partial charge in [0.05, 0.1) is 5.69 Å². The first kappa shape index (κ1) is 17.4. The molecule has 0 radical (unpaired) electrons. The third-order valence-corrected chi connectivity index (χ3v) is 5.42. The summed E-state index contributed by atoms with van der Waals surface area (Å²) in [7, 11) is 0. The maximum atomic E-state index is 15.0. The highest BCUT2D eigenvalue weighted by molar-refractivity contribution is 6.15. The molecule has 0 unspecified atom stereocenters. The molecule has 2 fully saturated rings. The normalized spacial score (nSPS) is 24.2. The molecular formula is C17H18F4N4O. The Morgan fingerprint density at radius 2 is 1.77 bits per heavy atom. The van der Waals surface area contributed by atoms with E-state index in [1.165, 1.54) is 6.07 Å². The molecule has 0 atom stereocenters. The second-order valence-corrected chi connectivity index (χ2v) is 7.11. The molecule has 1 aromatic rings. The lowest BCUT2D eigenvalue weighted by atomic mass is 9.77. The third kappa shape index (κ3) is 2.69. The van der Waals surface area contributed by atoms with E-state index < -0.39 is 23.1 Å². The third-order valence-electron chi connectivity index (χ3n) is 5.42. The van der Waals surface area contributed by atoms with Crippen LogP contribution in [0.2, 0.25) is 0 Å². The summed E-state index contributed by atoms with van der Waals surface area (Å²) < 4.78 is 54.2. The van der Waals surface area contributed by atoms with Crippen LogP contribution in [0, 0.1) is 0 Å². The van der Waals surface area contributed by atoms with Crippen molar-refractivity contribution < 1.29 is 22.4 Å². The molecule has 26 heavy (non-hydrogen) atoms. The SMILES string of the molecule is O=C1NC(c2ccc(C(F)(F)F)nc2C2(F)CCC2)=NC12CCNCC2. The van der Waals surface area contributed by atoms with Gasteiger partial charge >= 0.3 is 6.18 Å². The molecule has 1 saturated carbocycles. The summed E-state index contributed by atoms with van der Waals surface area (Å²) in [5.74, 6) is -0.168. The van der Waals surface area contributed by atoms with Gasteiger partial charge in [-0.25, -0.2) is 9.37 Å². The van der Waals surface area contributed by atoms with Crippen LogP contribution in [0.4, 0.5) is 17.6 Å². The maximum absolute atomic E-state index is 15.0. The zero-order chi connectivity index (χ0) is 18.6. The number of aromatic nitrogens is 1. The van der Waals surface area contributed by atoms with E-state index in [4.69, 9.17) is 0 Å². The van der Waals surface area contributed by atoms with Crippen molar-refractivity contribution in [2.45, 2.75) is 49.5 Å². The van der Waals surface area contributed by atoms with Crippen molar-refractivity contribution in [1.82, 2.24) is 15.6 Å². The van der Waals surface area contributed by atoms with Crippen LogP contribution in [0.1, 0.15) is 49.1 Å². The standard InChI is InChI=1S/C17H18F4N4O/c18-15(4-1-5-15)12-10(2-3-11(23-12)17(19,20)21)13-24-14(26)16(25-13)6-8-22-9-7-16/h2-3,22H,1,4-9H2,(H,24,25,26). The van der Waals surface area contributed by atoms with Gasteiger partial charge in [0.2, 0.25) is 0 Å². The summed E-state index contributed by atoms with van der Waals surface area (Å²) in [4.78, 5) is 20.5. The summed E-state index contributed by atoms with van der Waals surface area (Å²) in [6.45, 7) is 1.24. The van der Waals surface area contributed by atoms with E-state index >= 15 is 4.39 Å². The predicted molar refractivity (Wildman–Crippen MR) is 85.4 cm³/mol. The maximum Gasteiger partial charge on any atom is 0.433 e. The molecule has 3 aliphatic rings. The van der Waals surface area contributed by atoms with Gasteiger partial charge in [0.1, 0.15) is 17.1 Å². The summed E-state index contributed by atoms with van der Waals surface area (Å²) in [5.41, 5.74) is -4.11. The first-order valence-electron chi connectivity index (χ1n) is 8.64. The number of amides is 1. The monoisotopic (exact) mass is 370 g/mol. The van der Waals surface area contributed by atoms with Crippen LogP contribution in [0.3, 0.4) is 0 Å². The fourth-order valence-electron chi connectivity index (χ4n) is 3.70. The lowest BCUT2D eigenvalue weighted by Crippen LogP contribution is -2.47. The number of alkyl halides is 4. The molecule has 1 aromatic heterocycles. The number of nitrogens with one attached hydrogen (secondary N) is 2. The molecule has 4 rings (SSSR count). The smallest absolute Gasteiger partial charge is 0.317 e. The van der Waals surface area contributed by atoms with E-state index in [2.05, 4.69) is 20.6 Å². The Kier molecular flexibility index (Phi) is 3.83. The molecule has 3 heterocycles. The molecule has 1 spiro atoms. The van der Waals surface area contributed by atoms with Crippen molar-refractivity contribution >= 4 is 11.7 Å².